The molecule has 1 aromatic carbocycles. The molecule has 100 valence electrons. The summed E-state index contributed by atoms with van der Waals surface area (Å²) in [6.45, 7) is 0. The zero-order chi connectivity index (χ0) is 13.6. The summed E-state index contributed by atoms with van der Waals surface area (Å²) < 4.78 is 0. The van der Waals surface area contributed by atoms with Crippen LogP contribution in [0.5, 0.6) is 0 Å². The first-order chi connectivity index (χ1) is 9.06. The van der Waals surface area contributed by atoms with Gasteiger partial charge in [0.05, 0.1) is 5.56 Å². The van der Waals surface area contributed by atoms with Crippen LogP contribution in [0.4, 0.5) is 0 Å². The molecule has 0 radical (unpaired) electrons. The van der Waals surface area contributed by atoms with Crippen LogP contribution in [0.15, 0.2) is 24.4 Å². The molecule has 0 amide bonds. The molecule has 1 aromatic heterocycles. The summed E-state index contributed by atoms with van der Waals surface area (Å²) >= 11 is 0. The van der Waals surface area contributed by atoms with E-state index in [1.807, 2.05) is 12.3 Å². The number of aromatic amines is 1. The van der Waals surface area contributed by atoms with Crippen molar-refractivity contribution in [3.8, 4) is 0 Å². The van der Waals surface area contributed by atoms with E-state index >= 15 is 0 Å². The summed E-state index contributed by atoms with van der Waals surface area (Å²) in [5.74, 6) is -0.320. The van der Waals surface area contributed by atoms with Gasteiger partial charge in [0.1, 0.15) is 0 Å². The molecule has 1 saturated carbocycles. The predicted molar refractivity (Wildman–Crippen MR) is 74.7 cm³/mol. The van der Waals surface area contributed by atoms with E-state index in [0.29, 0.717) is 17.5 Å². The molecule has 1 heterocycles. The maximum Gasteiger partial charge on any atom is 0.335 e. The number of carbonyl (C=O) groups is 1. The highest BCUT2D eigenvalue weighted by atomic mass is 16.4. The van der Waals surface area contributed by atoms with Crippen molar-refractivity contribution in [2.45, 2.75) is 24.8 Å². The lowest BCUT2D eigenvalue weighted by Gasteiger charge is -2.39. The highest BCUT2D eigenvalue weighted by Crippen LogP contribution is 2.41. The Morgan fingerprint density at radius 1 is 1.37 bits per heavy atom. The molecule has 0 aliphatic heterocycles. The minimum Gasteiger partial charge on any atom is -0.478 e. The Hall–Kier alpha value is -1.81. The van der Waals surface area contributed by atoms with Crippen LogP contribution in [0.2, 0.25) is 0 Å². The van der Waals surface area contributed by atoms with Gasteiger partial charge in [0.2, 0.25) is 0 Å². The van der Waals surface area contributed by atoms with Crippen LogP contribution in [0.25, 0.3) is 10.9 Å². The molecular formula is C15H18N2O2. The highest BCUT2D eigenvalue weighted by Gasteiger charge is 2.33. The van der Waals surface area contributed by atoms with E-state index in [-0.39, 0.29) is 0 Å². The molecular weight excluding hydrogens is 240 g/mol. The number of carboxylic acid groups (broad SMARTS) is 1. The van der Waals surface area contributed by atoms with Crippen LogP contribution in [-0.2, 0) is 0 Å². The first-order valence-corrected chi connectivity index (χ1v) is 6.57. The molecule has 19 heavy (non-hydrogen) atoms. The number of hydrogen-bond acceptors (Lipinski definition) is 2. The number of aromatic carboxylic acids is 1. The third-order valence-electron chi connectivity index (χ3n) is 4.24. The number of carboxylic acids is 1. The molecule has 2 aromatic rings. The Kier molecular flexibility index (Phi) is 2.82. The molecule has 1 aliphatic carbocycles. The van der Waals surface area contributed by atoms with Crippen molar-refractivity contribution in [3.05, 3.63) is 35.5 Å². The van der Waals surface area contributed by atoms with Gasteiger partial charge < -0.3 is 15.0 Å². The molecule has 0 unspecified atom stereocenters. The number of nitrogens with one attached hydrogen (secondary N) is 1. The molecule has 1 aliphatic rings. The summed E-state index contributed by atoms with van der Waals surface area (Å²) in [6, 6.07) is 5.93. The highest BCUT2D eigenvalue weighted by molar-refractivity contribution is 5.94. The lowest BCUT2D eigenvalue weighted by Crippen LogP contribution is -2.39. The monoisotopic (exact) mass is 258 g/mol. The molecule has 2 N–H and O–H groups in total. The number of nitrogens with zero attached hydrogens (tertiary/aromatic N) is 1. The minimum atomic E-state index is -0.867. The van der Waals surface area contributed by atoms with Crippen molar-refractivity contribution in [2.24, 2.45) is 0 Å². The second-order valence-electron chi connectivity index (χ2n) is 5.60. The Morgan fingerprint density at radius 3 is 2.74 bits per heavy atom. The lowest BCUT2D eigenvalue weighted by molar-refractivity contribution is 0.0697. The van der Waals surface area contributed by atoms with Crippen molar-refractivity contribution in [3.63, 3.8) is 0 Å². The topological polar surface area (TPSA) is 56.3 Å². The molecule has 4 nitrogen and oxygen atoms in total. The molecule has 0 saturated heterocycles. The van der Waals surface area contributed by atoms with Crippen LogP contribution >= 0.6 is 0 Å². The average Bonchev–Trinajstić information content (AvgIpc) is 2.70. The van der Waals surface area contributed by atoms with E-state index in [1.54, 1.807) is 12.1 Å². The summed E-state index contributed by atoms with van der Waals surface area (Å²) in [5.41, 5.74) is 2.64. The second kappa shape index (κ2) is 4.38. The normalized spacial score (nSPS) is 22.7. The standard InChI is InChI=1S/C15H18N2O2/c1-17(2)11-5-10(6-11)13-8-16-14-4-3-9(15(18)19)7-12(13)14/h3-4,7-8,10-11,16H,5-6H2,1-2H3,(H,18,19). The van der Waals surface area contributed by atoms with Crippen LogP contribution in [-0.4, -0.2) is 41.1 Å². The van der Waals surface area contributed by atoms with Crippen molar-refractivity contribution in [1.82, 2.24) is 9.88 Å². The molecule has 0 atom stereocenters. The van der Waals surface area contributed by atoms with Crippen molar-refractivity contribution >= 4 is 16.9 Å². The quantitative estimate of drug-likeness (QED) is 0.890. The minimum absolute atomic E-state index is 0.358. The van der Waals surface area contributed by atoms with Crippen LogP contribution in [0.1, 0.15) is 34.7 Å². The zero-order valence-electron chi connectivity index (χ0n) is 11.2. The van der Waals surface area contributed by atoms with Gasteiger partial charge in [-0.1, -0.05) is 0 Å². The van der Waals surface area contributed by atoms with E-state index < -0.39 is 5.97 Å². The Balaban J connectivity index is 1.92. The van der Waals surface area contributed by atoms with E-state index in [1.165, 1.54) is 5.56 Å². The summed E-state index contributed by atoms with van der Waals surface area (Å²) in [7, 11) is 4.22. The number of fused-ring (bicyclic) bond motifs is 1. The Bertz CT molecular complexity index is 624. The van der Waals surface area contributed by atoms with E-state index in [4.69, 9.17) is 5.11 Å². The van der Waals surface area contributed by atoms with Crippen LogP contribution in [0, 0.1) is 0 Å². The Morgan fingerprint density at radius 2 is 2.11 bits per heavy atom. The van der Waals surface area contributed by atoms with E-state index in [9.17, 15) is 4.79 Å². The summed E-state index contributed by atoms with van der Waals surface area (Å²) in [5, 5.41) is 10.1. The zero-order valence-corrected chi connectivity index (χ0v) is 11.2. The van der Waals surface area contributed by atoms with Crippen LogP contribution in [0.3, 0.4) is 0 Å². The van der Waals surface area contributed by atoms with Gasteiger partial charge in [0, 0.05) is 23.1 Å². The molecule has 0 bridgehead atoms. The lowest BCUT2D eigenvalue weighted by atomic mass is 9.75. The third kappa shape index (κ3) is 2.02. The van der Waals surface area contributed by atoms with Gasteiger partial charge in [0.15, 0.2) is 0 Å². The SMILES string of the molecule is CN(C)C1CC(c2c[nH]c3ccc(C(=O)O)cc23)C1. The number of hydrogen-bond donors (Lipinski definition) is 2. The largest absolute Gasteiger partial charge is 0.478 e. The molecule has 1 fully saturated rings. The first kappa shape index (κ1) is 12.2. The molecule has 4 heteroatoms. The fourth-order valence-electron chi connectivity index (χ4n) is 2.88. The summed E-state index contributed by atoms with van der Waals surface area (Å²) in [6.07, 6.45) is 4.33. The van der Waals surface area contributed by atoms with E-state index in [0.717, 1.165) is 23.7 Å². The van der Waals surface area contributed by atoms with Crippen molar-refractivity contribution < 1.29 is 9.90 Å². The predicted octanol–water partition coefficient (Wildman–Crippen LogP) is 2.67. The number of benzene rings is 1. The molecule has 0 spiro atoms. The molecule has 3 rings (SSSR count). The van der Waals surface area contributed by atoms with Crippen molar-refractivity contribution in [2.75, 3.05) is 14.1 Å². The van der Waals surface area contributed by atoms with Crippen LogP contribution < -0.4 is 0 Å². The fourth-order valence-corrected chi connectivity index (χ4v) is 2.88. The maximum atomic E-state index is 11.1. The maximum absolute atomic E-state index is 11.1. The van der Waals surface area contributed by atoms with Gasteiger partial charge in [0.25, 0.3) is 0 Å². The van der Waals surface area contributed by atoms with Gasteiger partial charge in [-0.2, -0.15) is 0 Å². The van der Waals surface area contributed by atoms with Gasteiger partial charge in [-0.15, -0.1) is 0 Å². The summed E-state index contributed by atoms with van der Waals surface area (Å²) in [4.78, 5) is 16.6. The van der Waals surface area contributed by atoms with Gasteiger partial charge in [-0.05, 0) is 56.6 Å². The van der Waals surface area contributed by atoms with Gasteiger partial charge in [-0.25, -0.2) is 4.79 Å². The average molecular weight is 258 g/mol. The van der Waals surface area contributed by atoms with Crippen molar-refractivity contribution in [1.29, 1.82) is 0 Å². The number of H-pyrrole nitrogens is 1. The van der Waals surface area contributed by atoms with E-state index in [2.05, 4.69) is 24.0 Å². The smallest absolute Gasteiger partial charge is 0.335 e. The van der Waals surface area contributed by atoms with Gasteiger partial charge >= 0.3 is 5.97 Å². The third-order valence-corrected chi connectivity index (χ3v) is 4.24. The number of aromatic nitrogens is 1. The fraction of sp³-hybridized carbons (Fsp3) is 0.400. The van der Waals surface area contributed by atoms with Gasteiger partial charge in [-0.3, -0.25) is 0 Å². The Labute approximate surface area is 112 Å². The second-order valence-corrected chi connectivity index (χ2v) is 5.60. The first-order valence-electron chi connectivity index (χ1n) is 6.57. The number of rotatable bonds is 3.